The fourth-order valence-corrected chi connectivity index (χ4v) is 3.59. The molecule has 1 atom stereocenters. The third-order valence-corrected chi connectivity index (χ3v) is 4.98. The van der Waals surface area contributed by atoms with E-state index in [1.807, 2.05) is 0 Å². The molecule has 6 nitrogen and oxygen atoms in total. The van der Waals surface area contributed by atoms with Crippen molar-refractivity contribution in [3.63, 3.8) is 0 Å². The van der Waals surface area contributed by atoms with Crippen LogP contribution < -0.4 is 5.32 Å². The van der Waals surface area contributed by atoms with Gasteiger partial charge in [0.1, 0.15) is 23.0 Å². The van der Waals surface area contributed by atoms with Crippen LogP contribution in [0.25, 0.3) is 11.1 Å². The summed E-state index contributed by atoms with van der Waals surface area (Å²) in [6.07, 6.45) is -6.84. The normalized spacial score (nSPS) is 12.7. The lowest BCUT2D eigenvalue weighted by Crippen LogP contribution is -2.36. The van der Waals surface area contributed by atoms with Crippen molar-refractivity contribution in [2.24, 2.45) is 0 Å². The number of benzene rings is 2. The number of phenolic OH excluding ortho intramolecular Hbond substituents is 1. The van der Waals surface area contributed by atoms with E-state index in [1.165, 1.54) is 6.92 Å². The van der Waals surface area contributed by atoms with E-state index < -0.39 is 64.8 Å². The Labute approximate surface area is 205 Å². The molecule has 0 aliphatic carbocycles. The maximum atomic E-state index is 15.3. The Balaban J connectivity index is 2.78. The summed E-state index contributed by atoms with van der Waals surface area (Å²) in [6.45, 7) is 7.66. The second-order valence-electron chi connectivity index (χ2n) is 8.95. The first-order valence-corrected chi connectivity index (χ1v) is 11.1. The van der Waals surface area contributed by atoms with Crippen LogP contribution in [0.3, 0.4) is 0 Å². The van der Waals surface area contributed by atoms with Gasteiger partial charge in [0, 0.05) is 17.2 Å². The van der Waals surface area contributed by atoms with E-state index in [0.29, 0.717) is 6.07 Å². The lowest BCUT2D eigenvalue weighted by atomic mass is 9.90. The number of aromatic hydroxyl groups is 1. The number of amides is 1. The SMILES string of the molecule is CCOC(=O)C[C@H](NC(=O)OC(C)(C)C)c1cc(-c2c(O)cc(F)cc2CC)cc(C(F)(F)F)c1F. The molecule has 0 unspecified atom stereocenters. The number of nitrogens with one attached hydrogen (secondary N) is 1. The third kappa shape index (κ3) is 7.32. The van der Waals surface area contributed by atoms with Gasteiger partial charge in [-0.3, -0.25) is 4.79 Å². The molecule has 0 saturated carbocycles. The average molecular weight is 517 g/mol. The maximum absolute atomic E-state index is 15.3. The van der Waals surface area contributed by atoms with Gasteiger partial charge in [-0.1, -0.05) is 6.92 Å². The van der Waals surface area contributed by atoms with Crippen molar-refractivity contribution < 1.29 is 46.1 Å². The zero-order chi connectivity index (χ0) is 27.4. The van der Waals surface area contributed by atoms with Gasteiger partial charge < -0.3 is 19.9 Å². The number of hydrogen-bond acceptors (Lipinski definition) is 5. The van der Waals surface area contributed by atoms with Crippen molar-refractivity contribution in [1.29, 1.82) is 0 Å². The van der Waals surface area contributed by atoms with Crippen LogP contribution in [0.4, 0.5) is 26.7 Å². The highest BCUT2D eigenvalue weighted by Crippen LogP contribution is 2.41. The van der Waals surface area contributed by atoms with E-state index in [2.05, 4.69) is 5.32 Å². The number of esters is 1. The van der Waals surface area contributed by atoms with Crippen LogP contribution in [0.5, 0.6) is 5.75 Å². The van der Waals surface area contributed by atoms with E-state index in [-0.39, 0.29) is 29.7 Å². The number of carbonyl (C=O) groups excluding carboxylic acids is 2. The molecule has 0 fully saturated rings. The molecule has 36 heavy (non-hydrogen) atoms. The Morgan fingerprint density at radius 3 is 2.22 bits per heavy atom. The molecule has 0 spiro atoms. The zero-order valence-electron chi connectivity index (χ0n) is 20.5. The molecule has 0 aliphatic heterocycles. The maximum Gasteiger partial charge on any atom is 0.419 e. The molecule has 2 aromatic rings. The first kappa shape index (κ1) is 28.9. The summed E-state index contributed by atoms with van der Waals surface area (Å²) in [5.41, 5.74) is -3.64. The molecule has 2 N–H and O–H groups in total. The van der Waals surface area contributed by atoms with Gasteiger partial charge in [0.15, 0.2) is 0 Å². The summed E-state index contributed by atoms with van der Waals surface area (Å²) in [7, 11) is 0. The molecule has 2 rings (SSSR count). The van der Waals surface area contributed by atoms with E-state index in [1.54, 1.807) is 27.7 Å². The molecule has 0 bridgehead atoms. The number of carbonyl (C=O) groups is 2. The lowest BCUT2D eigenvalue weighted by molar-refractivity contribution is -0.143. The van der Waals surface area contributed by atoms with Gasteiger partial charge in [-0.15, -0.1) is 0 Å². The second kappa shape index (κ2) is 11.1. The van der Waals surface area contributed by atoms with Crippen LogP contribution in [0.1, 0.15) is 63.8 Å². The number of alkyl carbamates (subject to hydrolysis) is 1. The number of aryl methyl sites for hydroxylation is 1. The van der Waals surface area contributed by atoms with Crippen molar-refractivity contribution in [2.45, 2.75) is 65.3 Å². The van der Waals surface area contributed by atoms with Crippen molar-refractivity contribution in [3.8, 4) is 16.9 Å². The van der Waals surface area contributed by atoms with Gasteiger partial charge >= 0.3 is 18.2 Å². The van der Waals surface area contributed by atoms with Crippen LogP contribution in [-0.4, -0.2) is 29.4 Å². The summed E-state index contributed by atoms with van der Waals surface area (Å²) in [5, 5.41) is 12.6. The Bertz CT molecular complexity index is 1130. The molecule has 198 valence electrons. The standard InChI is InChI=1S/C25H28F5NO5/c1-6-13-8-15(26)11-19(32)21(13)14-9-16(22(27)17(10-14)25(28,29)30)18(12-20(33)35-7-2)31-23(34)36-24(3,4)5/h8-11,18,32H,6-7,12H2,1-5H3,(H,31,34)/t18-/m0/s1. The smallest absolute Gasteiger partial charge is 0.419 e. The number of phenols is 1. The first-order valence-electron chi connectivity index (χ1n) is 11.1. The summed E-state index contributed by atoms with van der Waals surface area (Å²) in [4.78, 5) is 24.6. The van der Waals surface area contributed by atoms with E-state index in [0.717, 1.165) is 18.2 Å². The highest BCUT2D eigenvalue weighted by Gasteiger charge is 2.38. The highest BCUT2D eigenvalue weighted by atomic mass is 19.4. The van der Waals surface area contributed by atoms with Gasteiger partial charge in [0.25, 0.3) is 0 Å². The Kier molecular flexibility index (Phi) is 8.93. The zero-order valence-corrected chi connectivity index (χ0v) is 20.5. The highest BCUT2D eigenvalue weighted by molar-refractivity contribution is 5.77. The van der Waals surface area contributed by atoms with Crippen LogP contribution in [-0.2, 0) is 26.9 Å². The third-order valence-electron chi connectivity index (χ3n) is 4.98. The topological polar surface area (TPSA) is 84.9 Å². The predicted octanol–water partition coefficient (Wildman–Crippen LogP) is 6.44. The summed E-state index contributed by atoms with van der Waals surface area (Å²) >= 11 is 0. The Morgan fingerprint density at radius 2 is 1.69 bits per heavy atom. The minimum Gasteiger partial charge on any atom is -0.507 e. The fourth-order valence-electron chi connectivity index (χ4n) is 3.59. The molecule has 0 saturated heterocycles. The first-order chi connectivity index (χ1) is 16.6. The second-order valence-corrected chi connectivity index (χ2v) is 8.95. The monoisotopic (exact) mass is 517 g/mol. The minimum atomic E-state index is -5.17. The van der Waals surface area contributed by atoms with Gasteiger partial charge in [-0.05, 0) is 63.4 Å². The molecule has 0 heterocycles. The summed E-state index contributed by atoms with van der Waals surface area (Å²) in [6, 6.07) is 1.60. The Hall–Kier alpha value is -3.37. The number of halogens is 5. The minimum absolute atomic E-state index is 0.0579. The number of alkyl halides is 3. The van der Waals surface area contributed by atoms with E-state index in [9.17, 15) is 32.3 Å². The van der Waals surface area contributed by atoms with Crippen LogP contribution in [0, 0.1) is 11.6 Å². The van der Waals surface area contributed by atoms with Crippen LogP contribution in [0.15, 0.2) is 24.3 Å². The molecular formula is C25H28F5NO5. The van der Waals surface area contributed by atoms with E-state index >= 15 is 4.39 Å². The van der Waals surface area contributed by atoms with Crippen LogP contribution in [0.2, 0.25) is 0 Å². The van der Waals surface area contributed by atoms with Gasteiger partial charge in [-0.2, -0.15) is 13.2 Å². The quantitative estimate of drug-likeness (QED) is 0.326. The van der Waals surface area contributed by atoms with Gasteiger partial charge in [0.2, 0.25) is 0 Å². The van der Waals surface area contributed by atoms with E-state index in [4.69, 9.17) is 9.47 Å². The lowest BCUT2D eigenvalue weighted by Gasteiger charge is -2.25. The fraction of sp³-hybridized carbons (Fsp3) is 0.440. The molecule has 0 aliphatic rings. The van der Waals surface area contributed by atoms with Crippen LogP contribution >= 0.6 is 0 Å². The number of hydrogen-bond donors (Lipinski definition) is 2. The molecule has 2 aromatic carbocycles. The van der Waals surface area contributed by atoms with Crippen molar-refractivity contribution in [1.82, 2.24) is 5.32 Å². The van der Waals surface area contributed by atoms with Crippen molar-refractivity contribution >= 4 is 12.1 Å². The number of ether oxygens (including phenoxy) is 2. The van der Waals surface area contributed by atoms with Gasteiger partial charge in [-0.25, -0.2) is 13.6 Å². The molecular weight excluding hydrogens is 489 g/mol. The molecule has 0 aromatic heterocycles. The molecule has 0 radical (unpaired) electrons. The van der Waals surface area contributed by atoms with Crippen molar-refractivity contribution in [3.05, 3.63) is 52.6 Å². The number of rotatable bonds is 7. The van der Waals surface area contributed by atoms with Crippen molar-refractivity contribution in [2.75, 3.05) is 6.61 Å². The summed E-state index contributed by atoms with van der Waals surface area (Å²) < 4.78 is 80.6. The summed E-state index contributed by atoms with van der Waals surface area (Å²) in [5.74, 6) is -4.09. The largest absolute Gasteiger partial charge is 0.507 e. The molecule has 11 heteroatoms. The average Bonchev–Trinajstić information content (AvgIpc) is 2.71. The predicted molar refractivity (Wildman–Crippen MR) is 121 cm³/mol. The Morgan fingerprint density at radius 1 is 1.06 bits per heavy atom. The van der Waals surface area contributed by atoms with Gasteiger partial charge in [0.05, 0.1) is 24.6 Å². The molecule has 1 amide bonds.